The molecular formula is C24H26N4S. The molecule has 5 rings (SSSR count). The van der Waals surface area contributed by atoms with E-state index < -0.39 is 0 Å². The monoisotopic (exact) mass is 402 g/mol. The molecule has 0 bridgehead atoms. The fourth-order valence-corrected chi connectivity index (χ4v) is 5.59. The lowest BCUT2D eigenvalue weighted by Gasteiger charge is -2.21. The Morgan fingerprint density at radius 1 is 1.03 bits per heavy atom. The number of aryl methyl sites for hydroxylation is 1. The summed E-state index contributed by atoms with van der Waals surface area (Å²) in [4.78, 5) is 15.5. The molecule has 0 unspecified atom stereocenters. The molecule has 1 aromatic carbocycles. The molecule has 3 heterocycles. The molecule has 0 saturated carbocycles. The van der Waals surface area contributed by atoms with Gasteiger partial charge in [-0.2, -0.15) is 0 Å². The number of hydrogen-bond acceptors (Lipinski definition) is 5. The lowest BCUT2D eigenvalue weighted by atomic mass is 9.86. The van der Waals surface area contributed by atoms with Gasteiger partial charge in [0.25, 0.3) is 0 Å². The van der Waals surface area contributed by atoms with Gasteiger partial charge < -0.3 is 5.32 Å². The molecule has 0 aliphatic heterocycles. The van der Waals surface area contributed by atoms with Crippen LogP contribution in [0.3, 0.4) is 0 Å². The Labute approximate surface area is 175 Å². The van der Waals surface area contributed by atoms with Gasteiger partial charge >= 0.3 is 0 Å². The number of pyridine rings is 1. The van der Waals surface area contributed by atoms with Gasteiger partial charge in [0.1, 0.15) is 17.0 Å². The van der Waals surface area contributed by atoms with Gasteiger partial charge in [-0.15, -0.1) is 11.3 Å². The Balaban J connectivity index is 1.56. The summed E-state index contributed by atoms with van der Waals surface area (Å²) in [6.07, 6.45) is 7.49. The molecular weight excluding hydrogens is 376 g/mol. The highest BCUT2D eigenvalue weighted by Crippen LogP contribution is 2.41. The number of anilines is 1. The molecule has 0 fully saturated rings. The van der Waals surface area contributed by atoms with E-state index in [1.807, 2.05) is 0 Å². The molecule has 0 spiro atoms. The summed E-state index contributed by atoms with van der Waals surface area (Å²) >= 11 is 1.74. The number of nitrogens with zero attached hydrogens (tertiary/aromatic N) is 3. The van der Waals surface area contributed by atoms with Crippen LogP contribution in [0.2, 0.25) is 0 Å². The van der Waals surface area contributed by atoms with Gasteiger partial charge in [-0.05, 0) is 54.7 Å². The minimum atomic E-state index is 0.450. The largest absolute Gasteiger partial charge is 0.368 e. The van der Waals surface area contributed by atoms with E-state index in [-0.39, 0.29) is 0 Å². The summed E-state index contributed by atoms with van der Waals surface area (Å²) < 4.78 is 1.14. The first kappa shape index (κ1) is 18.5. The maximum atomic E-state index is 5.12. The first-order chi connectivity index (χ1) is 14.2. The normalized spacial score (nSPS) is 13.9. The number of nitrogens with one attached hydrogen (secondary N) is 1. The molecule has 4 aromatic rings. The van der Waals surface area contributed by atoms with E-state index in [2.05, 4.69) is 54.5 Å². The molecule has 5 heteroatoms. The van der Waals surface area contributed by atoms with Crippen molar-refractivity contribution in [3.63, 3.8) is 0 Å². The third kappa shape index (κ3) is 3.38. The maximum Gasteiger partial charge on any atom is 0.147 e. The third-order valence-electron chi connectivity index (χ3n) is 5.85. The molecule has 1 N–H and O–H groups in total. The SMILES string of the molecule is CC(C)c1nc2sc3c(NCCc4ccccc4)ncnc3c2c2c1CCCC2. The first-order valence-electron chi connectivity index (χ1n) is 10.6. The van der Waals surface area contributed by atoms with Crippen LogP contribution in [-0.2, 0) is 19.3 Å². The zero-order valence-corrected chi connectivity index (χ0v) is 17.9. The lowest BCUT2D eigenvalue weighted by molar-refractivity contribution is 0.667. The molecule has 29 heavy (non-hydrogen) atoms. The van der Waals surface area contributed by atoms with Crippen molar-refractivity contribution in [3.05, 3.63) is 59.0 Å². The number of aromatic nitrogens is 3. The van der Waals surface area contributed by atoms with E-state index in [0.29, 0.717) is 5.92 Å². The standard InChI is InChI=1S/C24H26N4S/c1-15(2)20-18-11-7-6-10-17(18)19-21-22(29-24(19)28-20)23(27-14-26-21)25-13-12-16-8-4-3-5-9-16/h3-5,8-9,14-15H,6-7,10-13H2,1-2H3,(H,25,26,27). The Morgan fingerprint density at radius 2 is 1.83 bits per heavy atom. The molecule has 148 valence electrons. The second-order valence-electron chi connectivity index (χ2n) is 8.16. The smallest absolute Gasteiger partial charge is 0.147 e. The first-order valence-corrected chi connectivity index (χ1v) is 11.4. The van der Waals surface area contributed by atoms with Crippen molar-refractivity contribution in [2.24, 2.45) is 0 Å². The molecule has 1 aliphatic carbocycles. The predicted molar refractivity (Wildman–Crippen MR) is 122 cm³/mol. The van der Waals surface area contributed by atoms with Crippen LogP contribution in [0.4, 0.5) is 5.82 Å². The van der Waals surface area contributed by atoms with Crippen molar-refractivity contribution in [2.45, 2.75) is 51.9 Å². The van der Waals surface area contributed by atoms with E-state index >= 15 is 0 Å². The fourth-order valence-electron chi connectivity index (χ4n) is 4.46. The van der Waals surface area contributed by atoms with Gasteiger partial charge in [0.05, 0.1) is 10.2 Å². The number of fused-ring (bicyclic) bond motifs is 5. The van der Waals surface area contributed by atoms with Gasteiger partial charge in [0, 0.05) is 17.6 Å². The summed E-state index contributed by atoms with van der Waals surface area (Å²) in [7, 11) is 0. The molecule has 1 aliphatic rings. The summed E-state index contributed by atoms with van der Waals surface area (Å²) in [6.45, 7) is 5.37. The third-order valence-corrected chi connectivity index (χ3v) is 6.93. The van der Waals surface area contributed by atoms with Gasteiger partial charge in [-0.1, -0.05) is 44.2 Å². The topological polar surface area (TPSA) is 50.7 Å². The van der Waals surface area contributed by atoms with E-state index in [0.717, 1.165) is 46.7 Å². The van der Waals surface area contributed by atoms with Crippen LogP contribution < -0.4 is 5.32 Å². The van der Waals surface area contributed by atoms with Crippen molar-refractivity contribution >= 4 is 37.6 Å². The predicted octanol–water partition coefficient (Wildman–Crippen LogP) is 5.90. The maximum absolute atomic E-state index is 5.12. The van der Waals surface area contributed by atoms with E-state index in [1.165, 1.54) is 40.6 Å². The Kier molecular flexibility index (Phi) is 4.92. The zero-order chi connectivity index (χ0) is 19.8. The van der Waals surface area contributed by atoms with Crippen LogP contribution in [0.5, 0.6) is 0 Å². The summed E-state index contributed by atoms with van der Waals surface area (Å²) in [6, 6.07) is 10.6. The van der Waals surface area contributed by atoms with Crippen LogP contribution in [0.15, 0.2) is 36.7 Å². The average Bonchev–Trinajstić information content (AvgIpc) is 3.13. The molecule has 0 amide bonds. The minimum absolute atomic E-state index is 0.450. The lowest BCUT2D eigenvalue weighted by Crippen LogP contribution is -2.10. The molecule has 0 saturated heterocycles. The molecule has 4 nitrogen and oxygen atoms in total. The van der Waals surface area contributed by atoms with Gasteiger partial charge in [-0.25, -0.2) is 15.0 Å². The number of benzene rings is 1. The van der Waals surface area contributed by atoms with Gasteiger partial charge in [0.2, 0.25) is 0 Å². The van der Waals surface area contributed by atoms with Crippen molar-refractivity contribution in [1.82, 2.24) is 15.0 Å². The minimum Gasteiger partial charge on any atom is -0.368 e. The zero-order valence-electron chi connectivity index (χ0n) is 17.0. The molecule has 0 radical (unpaired) electrons. The summed E-state index contributed by atoms with van der Waals surface area (Å²) in [5, 5.41) is 4.82. The van der Waals surface area contributed by atoms with Crippen LogP contribution in [-0.4, -0.2) is 21.5 Å². The van der Waals surface area contributed by atoms with Crippen LogP contribution >= 0.6 is 11.3 Å². The molecule has 0 atom stereocenters. The second kappa shape index (κ2) is 7.71. The highest BCUT2D eigenvalue weighted by atomic mass is 32.1. The van der Waals surface area contributed by atoms with E-state index in [9.17, 15) is 0 Å². The van der Waals surface area contributed by atoms with Crippen molar-refractivity contribution in [3.8, 4) is 0 Å². The second-order valence-corrected chi connectivity index (χ2v) is 9.16. The Bertz CT molecular complexity index is 1160. The highest BCUT2D eigenvalue weighted by Gasteiger charge is 2.24. The van der Waals surface area contributed by atoms with Gasteiger partial charge in [0.15, 0.2) is 0 Å². The Hall–Kier alpha value is -2.53. The number of thiophene rings is 1. The number of rotatable bonds is 5. The van der Waals surface area contributed by atoms with Gasteiger partial charge in [-0.3, -0.25) is 0 Å². The fraction of sp³-hybridized carbons (Fsp3) is 0.375. The summed E-state index contributed by atoms with van der Waals surface area (Å²) in [5.41, 5.74) is 6.66. The number of hydrogen-bond donors (Lipinski definition) is 1. The van der Waals surface area contributed by atoms with Crippen LogP contribution in [0, 0.1) is 0 Å². The highest BCUT2D eigenvalue weighted by molar-refractivity contribution is 7.26. The van der Waals surface area contributed by atoms with Crippen molar-refractivity contribution < 1.29 is 0 Å². The molecule has 3 aromatic heterocycles. The average molecular weight is 403 g/mol. The van der Waals surface area contributed by atoms with Crippen molar-refractivity contribution in [1.29, 1.82) is 0 Å². The van der Waals surface area contributed by atoms with Crippen LogP contribution in [0.1, 0.15) is 55.0 Å². The van der Waals surface area contributed by atoms with E-state index in [4.69, 9.17) is 9.97 Å². The van der Waals surface area contributed by atoms with Crippen molar-refractivity contribution in [2.75, 3.05) is 11.9 Å². The quantitative estimate of drug-likeness (QED) is 0.452. The summed E-state index contributed by atoms with van der Waals surface area (Å²) in [5.74, 6) is 1.38. The van der Waals surface area contributed by atoms with Crippen LogP contribution in [0.25, 0.3) is 20.4 Å². The Morgan fingerprint density at radius 3 is 2.62 bits per heavy atom. The van der Waals surface area contributed by atoms with E-state index in [1.54, 1.807) is 17.7 Å².